The topological polar surface area (TPSA) is 72.5 Å². The quantitative estimate of drug-likeness (QED) is 0.618. The Morgan fingerprint density at radius 1 is 1.20 bits per heavy atom. The molecule has 1 unspecified atom stereocenters. The van der Waals surface area contributed by atoms with Gasteiger partial charge in [-0.3, -0.25) is 4.79 Å². The van der Waals surface area contributed by atoms with Gasteiger partial charge in [0, 0.05) is 30.8 Å². The van der Waals surface area contributed by atoms with Crippen LogP contribution >= 0.6 is 24.8 Å². The molecular weight excluding hydrogens is 425 g/mol. The number of ether oxygens (including phenoxy) is 2. The van der Waals surface area contributed by atoms with E-state index >= 15 is 0 Å². The number of hydrogen-bond acceptors (Lipinski definition) is 5. The Morgan fingerprint density at radius 2 is 1.93 bits per heavy atom. The fourth-order valence-electron chi connectivity index (χ4n) is 3.57. The molecule has 1 saturated heterocycles. The van der Waals surface area contributed by atoms with Crippen LogP contribution in [0.3, 0.4) is 0 Å². The number of rotatable bonds is 8. The van der Waals surface area contributed by atoms with Crippen LogP contribution in [0.4, 0.5) is 0 Å². The molecule has 0 spiro atoms. The lowest BCUT2D eigenvalue weighted by molar-refractivity contribution is -0.122. The molecule has 2 aromatic rings. The number of methoxy groups -OCH3 is 1. The monoisotopic (exact) mass is 455 g/mol. The molecule has 1 atom stereocenters. The Balaban J connectivity index is 0.00000225. The van der Waals surface area contributed by atoms with Crippen LogP contribution in [0.5, 0.6) is 17.4 Å². The second-order valence-corrected chi connectivity index (χ2v) is 7.29. The van der Waals surface area contributed by atoms with E-state index in [-0.39, 0.29) is 30.7 Å². The first-order valence-electron chi connectivity index (χ1n) is 9.89. The van der Waals surface area contributed by atoms with E-state index in [9.17, 15) is 4.79 Å². The van der Waals surface area contributed by atoms with Gasteiger partial charge in [0.2, 0.25) is 11.8 Å². The zero-order chi connectivity index (χ0) is 19.8. The van der Waals surface area contributed by atoms with Crippen LogP contribution in [0.2, 0.25) is 0 Å². The van der Waals surface area contributed by atoms with Crippen molar-refractivity contribution in [2.24, 2.45) is 11.8 Å². The third-order valence-electron chi connectivity index (χ3n) is 5.28. The van der Waals surface area contributed by atoms with Crippen molar-refractivity contribution < 1.29 is 14.3 Å². The lowest BCUT2D eigenvalue weighted by Gasteiger charge is -2.27. The van der Waals surface area contributed by atoms with Gasteiger partial charge in [-0.15, -0.1) is 24.8 Å². The number of carbonyl (C=O) groups excluding carboxylic acids is 1. The number of nitrogens with one attached hydrogen (secondary N) is 2. The summed E-state index contributed by atoms with van der Waals surface area (Å²) >= 11 is 0. The Labute approximate surface area is 191 Å². The molecule has 30 heavy (non-hydrogen) atoms. The Bertz CT molecular complexity index is 786. The molecule has 166 valence electrons. The van der Waals surface area contributed by atoms with Crippen molar-refractivity contribution in [1.29, 1.82) is 0 Å². The minimum Gasteiger partial charge on any atom is -0.497 e. The molecule has 8 heteroatoms. The SMILES string of the molecule is COc1cccc(Oc2ncccc2CNC(=O)CC(C)C2CCNCC2)c1.Cl.Cl. The molecule has 1 amide bonds. The van der Waals surface area contributed by atoms with Gasteiger partial charge >= 0.3 is 0 Å². The second kappa shape index (κ2) is 13.3. The summed E-state index contributed by atoms with van der Waals surface area (Å²) in [6.07, 6.45) is 4.53. The normalized spacial score (nSPS) is 14.6. The van der Waals surface area contributed by atoms with Crippen molar-refractivity contribution in [3.05, 3.63) is 48.2 Å². The van der Waals surface area contributed by atoms with E-state index in [1.54, 1.807) is 19.4 Å². The molecule has 1 aliphatic rings. The van der Waals surface area contributed by atoms with Crippen molar-refractivity contribution in [3.8, 4) is 17.4 Å². The Hall–Kier alpha value is -2.02. The lowest BCUT2D eigenvalue weighted by Crippen LogP contribution is -2.33. The number of carbonyl (C=O) groups is 1. The second-order valence-electron chi connectivity index (χ2n) is 7.29. The first kappa shape index (κ1) is 26.0. The maximum Gasteiger partial charge on any atom is 0.224 e. The molecule has 1 aromatic heterocycles. The summed E-state index contributed by atoms with van der Waals surface area (Å²) in [5.41, 5.74) is 0.841. The molecule has 6 nitrogen and oxygen atoms in total. The highest BCUT2D eigenvalue weighted by Gasteiger charge is 2.22. The van der Waals surface area contributed by atoms with E-state index in [0.717, 1.165) is 37.2 Å². The van der Waals surface area contributed by atoms with Crippen molar-refractivity contribution >= 4 is 30.7 Å². The minimum atomic E-state index is 0. The van der Waals surface area contributed by atoms with E-state index in [0.29, 0.717) is 36.4 Å². The zero-order valence-corrected chi connectivity index (χ0v) is 19.1. The first-order chi connectivity index (χ1) is 13.7. The van der Waals surface area contributed by atoms with E-state index < -0.39 is 0 Å². The van der Waals surface area contributed by atoms with Crippen LogP contribution in [-0.2, 0) is 11.3 Å². The van der Waals surface area contributed by atoms with Gasteiger partial charge < -0.3 is 20.1 Å². The van der Waals surface area contributed by atoms with E-state index in [2.05, 4.69) is 22.5 Å². The number of hydrogen-bond donors (Lipinski definition) is 2. The molecule has 0 saturated carbocycles. The summed E-state index contributed by atoms with van der Waals surface area (Å²) in [6, 6.07) is 11.1. The average molecular weight is 456 g/mol. The first-order valence-corrected chi connectivity index (χ1v) is 9.89. The summed E-state index contributed by atoms with van der Waals surface area (Å²) in [7, 11) is 1.62. The van der Waals surface area contributed by atoms with Crippen LogP contribution < -0.4 is 20.1 Å². The van der Waals surface area contributed by atoms with Gasteiger partial charge in [0.05, 0.1) is 7.11 Å². The van der Waals surface area contributed by atoms with E-state index in [1.807, 2.05) is 30.3 Å². The van der Waals surface area contributed by atoms with Gasteiger partial charge in [-0.25, -0.2) is 4.98 Å². The smallest absolute Gasteiger partial charge is 0.224 e. The lowest BCUT2D eigenvalue weighted by atomic mass is 9.84. The highest BCUT2D eigenvalue weighted by Crippen LogP contribution is 2.27. The minimum absolute atomic E-state index is 0. The number of pyridine rings is 1. The largest absolute Gasteiger partial charge is 0.497 e. The van der Waals surface area contributed by atoms with Crippen LogP contribution in [0.15, 0.2) is 42.6 Å². The summed E-state index contributed by atoms with van der Waals surface area (Å²) in [4.78, 5) is 16.7. The Morgan fingerprint density at radius 3 is 2.67 bits per heavy atom. The van der Waals surface area contributed by atoms with Gasteiger partial charge in [-0.2, -0.15) is 0 Å². The maximum atomic E-state index is 12.4. The highest BCUT2D eigenvalue weighted by molar-refractivity contribution is 5.85. The van der Waals surface area contributed by atoms with Gasteiger partial charge in [-0.1, -0.05) is 19.1 Å². The predicted octanol–water partition coefficient (Wildman–Crippen LogP) is 4.37. The molecule has 0 aliphatic carbocycles. The van der Waals surface area contributed by atoms with Gasteiger partial charge in [0.1, 0.15) is 11.5 Å². The molecule has 1 fully saturated rings. The summed E-state index contributed by atoms with van der Waals surface area (Å²) in [6.45, 7) is 4.68. The highest BCUT2D eigenvalue weighted by atomic mass is 35.5. The van der Waals surface area contributed by atoms with Crippen molar-refractivity contribution in [1.82, 2.24) is 15.6 Å². The molecule has 0 radical (unpaired) electrons. The molecule has 0 bridgehead atoms. The molecule has 2 N–H and O–H groups in total. The number of benzene rings is 1. The number of halogens is 2. The average Bonchev–Trinajstić information content (AvgIpc) is 2.74. The van der Waals surface area contributed by atoms with Gasteiger partial charge in [-0.05, 0) is 56.0 Å². The van der Waals surface area contributed by atoms with E-state index in [1.165, 1.54) is 0 Å². The maximum absolute atomic E-state index is 12.4. The van der Waals surface area contributed by atoms with Gasteiger partial charge in [0.25, 0.3) is 0 Å². The van der Waals surface area contributed by atoms with Crippen LogP contribution in [-0.4, -0.2) is 31.1 Å². The summed E-state index contributed by atoms with van der Waals surface area (Å²) < 4.78 is 11.1. The van der Waals surface area contributed by atoms with E-state index in [4.69, 9.17) is 9.47 Å². The number of nitrogens with zero attached hydrogens (tertiary/aromatic N) is 1. The summed E-state index contributed by atoms with van der Waals surface area (Å²) in [5.74, 6) is 2.94. The van der Waals surface area contributed by atoms with Crippen LogP contribution in [0.1, 0.15) is 31.7 Å². The summed E-state index contributed by atoms with van der Waals surface area (Å²) in [5, 5.41) is 6.39. The molecule has 2 heterocycles. The number of amides is 1. The number of aromatic nitrogens is 1. The third kappa shape index (κ3) is 7.67. The zero-order valence-electron chi connectivity index (χ0n) is 17.4. The molecule has 1 aliphatic heterocycles. The third-order valence-corrected chi connectivity index (χ3v) is 5.28. The van der Waals surface area contributed by atoms with Gasteiger partial charge in [0.15, 0.2) is 0 Å². The van der Waals surface area contributed by atoms with Crippen LogP contribution in [0, 0.1) is 11.8 Å². The van der Waals surface area contributed by atoms with Crippen molar-refractivity contribution in [2.75, 3.05) is 20.2 Å². The van der Waals surface area contributed by atoms with Crippen molar-refractivity contribution in [3.63, 3.8) is 0 Å². The van der Waals surface area contributed by atoms with Crippen LogP contribution in [0.25, 0.3) is 0 Å². The van der Waals surface area contributed by atoms with Crippen molar-refractivity contribution in [2.45, 2.75) is 32.7 Å². The molecule has 3 rings (SSSR count). The fraction of sp³-hybridized carbons (Fsp3) is 0.455. The number of piperidine rings is 1. The Kier molecular flexibility index (Phi) is 11.5. The molecular formula is C22H31Cl2N3O3. The predicted molar refractivity (Wildman–Crippen MR) is 123 cm³/mol. The standard InChI is InChI=1S/C22H29N3O3.2ClH/c1-16(17-8-11-23-12-9-17)13-21(26)25-15-18-5-4-10-24-22(18)28-20-7-3-6-19(14-20)27-2;;/h3-7,10,14,16-17,23H,8-9,11-13,15H2,1-2H3,(H,25,26);2*1H. The molecule has 1 aromatic carbocycles. The fourth-order valence-corrected chi connectivity index (χ4v) is 3.57.